The molecule has 4 rings (SSSR count). The standard InChI is InChI=1S/C18H19NO4S/c1-21-13-8-11-5-6-19(18(20)15-10-23-15)17(16-4-3-7-24-16)12(11)9-14(13)22-2/h3-4,7-9,15,17H,5-6,10H2,1-2H3. The first-order chi connectivity index (χ1) is 11.7. The first-order valence-electron chi connectivity index (χ1n) is 7.93. The highest BCUT2D eigenvalue weighted by molar-refractivity contribution is 7.10. The van der Waals surface area contributed by atoms with E-state index in [0.717, 1.165) is 22.6 Å². The minimum Gasteiger partial charge on any atom is -0.493 e. The van der Waals surface area contributed by atoms with E-state index in [1.165, 1.54) is 5.56 Å². The van der Waals surface area contributed by atoms with Gasteiger partial charge in [0, 0.05) is 11.4 Å². The zero-order chi connectivity index (χ0) is 16.7. The molecule has 6 heteroatoms. The first-order valence-corrected chi connectivity index (χ1v) is 8.81. The lowest BCUT2D eigenvalue weighted by molar-refractivity contribution is -0.134. The van der Waals surface area contributed by atoms with Crippen molar-refractivity contribution in [3.63, 3.8) is 0 Å². The number of fused-ring (bicyclic) bond motifs is 1. The van der Waals surface area contributed by atoms with Crippen molar-refractivity contribution in [2.45, 2.75) is 18.6 Å². The van der Waals surface area contributed by atoms with Gasteiger partial charge in [-0.15, -0.1) is 11.3 Å². The average molecular weight is 345 g/mol. The Morgan fingerprint density at radius 2 is 2.04 bits per heavy atom. The van der Waals surface area contributed by atoms with Gasteiger partial charge < -0.3 is 19.1 Å². The molecule has 0 saturated carbocycles. The summed E-state index contributed by atoms with van der Waals surface area (Å²) in [6.45, 7) is 1.22. The molecule has 2 atom stereocenters. The van der Waals surface area contributed by atoms with E-state index >= 15 is 0 Å². The molecule has 0 radical (unpaired) electrons. The summed E-state index contributed by atoms with van der Waals surface area (Å²) >= 11 is 1.66. The molecule has 0 bridgehead atoms. The summed E-state index contributed by atoms with van der Waals surface area (Å²) in [4.78, 5) is 15.8. The number of methoxy groups -OCH3 is 2. The molecular formula is C18H19NO4S. The summed E-state index contributed by atoms with van der Waals surface area (Å²) in [6, 6.07) is 8.04. The molecule has 0 aliphatic carbocycles. The molecule has 2 aliphatic heterocycles. The third-order valence-electron chi connectivity index (χ3n) is 4.58. The van der Waals surface area contributed by atoms with Crippen LogP contribution in [0.25, 0.3) is 0 Å². The van der Waals surface area contributed by atoms with Crippen molar-refractivity contribution in [3.8, 4) is 11.5 Å². The fourth-order valence-electron chi connectivity index (χ4n) is 3.31. The number of thiophene rings is 1. The number of ether oxygens (including phenoxy) is 3. The van der Waals surface area contributed by atoms with Crippen molar-refractivity contribution in [2.24, 2.45) is 0 Å². The smallest absolute Gasteiger partial charge is 0.254 e. The van der Waals surface area contributed by atoms with Gasteiger partial charge in [0.05, 0.1) is 26.9 Å². The summed E-state index contributed by atoms with van der Waals surface area (Å²) in [6.07, 6.45) is 0.532. The predicted molar refractivity (Wildman–Crippen MR) is 90.9 cm³/mol. The van der Waals surface area contributed by atoms with Gasteiger partial charge in [-0.3, -0.25) is 4.79 Å². The van der Waals surface area contributed by atoms with Crippen molar-refractivity contribution in [1.29, 1.82) is 0 Å². The fraction of sp³-hybridized carbons (Fsp3) is 0.389. The molecule has 5 nitrogen and oxygen atoms in total. The second kappa shape index (κ2) is 6.11. The SMILES string of the molecule is COc1cc2c(cc1OC)C(c1cccs1)N(C(=O)C1CO1)CC2. The normalized spacial score (nSPS) is 22.0. The van der Waals surface area contributed by atoms with Gasteiger partial charge >= 0.3 is 0 Å². The number of rotatable bonds is 4. The molecule has 24 heavy (non-hydrogen) atoms. The van der Waals surface area contributed by atoms with Gasteiger partial charge in [-0.05, 0) is 41.1 Å². The van der Waals surface area contributed by atoms with Gasteiger partial charge in [0.25, 0.3) is 5.91 Å². The third kappa shape index (κ3) is 2.56. The number of hydrogen-bond donors (Lipinski definition) is 0. The Labute approximate surface area is 144 Å². The summed E-state index contributed by atoms with van der Waals surface area (Å²) in [5.74, 6) is 1.50. The van der Waals surface area contributed by atoms with Crippen LogP contribution in [0.5, 0.6) is 11.5 Å². The molecule has 1 aromatic carbocycles. The molecular weight excluding hydrogens is 326 g/mol. The van der Waals surface area contributed by atoms with Crippen molar-refractivity contribution in [1.82, 2.24) is 4.90 Å². The summed E-state index contributed by atoms with van der Waals surface area (Å²) in [7, 11) is 3.28. The molecule has 1 amide bonds. The zero-order valence-electron chi connectivity index (χ0n) is 13.7. The number of epoxide rings is 1. The number of nitrogens with zero attached hydrogens (tertiary/aromatic N) is 1. The van der Waals surface area contributed by atoms with Crippen LogP contribution >= 0.6 is 11.3 Å². The number of amides is 1. The lowest BCUT2D eigenvalue weighted by Gasteiger charge is -2.37. The first kappa shape index (κ1) is 15.5. The number of carbonyl (C=O) groups excluding carboxylic acids is 1. The quantitative estimate of drug-likeness (QED) is 0.800. The van der Waals surface area contributed by atoms with Crippen LogP contribution in [-0.4, -0.2) is 44.3 Å². The predicted octanol–water partition coefficient (Wildman–Crippen LogP) is 2.64. The minimum atomic E-state index is -0.269. The Bertz CT molecular complexity index is 755. The van der Waals surface area contributed by atoms with E-state index in [1.807, 2.05) is 28.5 Å². The molecule has 1 aromatic heterocycles. The van der Waals surface area contributed by atoms with Crippen LogP contribution in [0.15, 0.2) is 29.6 Å². The number of benzene rings is 1. The van der Waals surface area contributed by atoms with Crippen LogP contribution in [0.4, 0.5) is 0 Å². The molecule has 2 aromatic rings. The number of carbonyl (C=O) groups is 1. The highest BCUT2D eigenvalue weighted by Crippen LogP contribution is 2.42. The molecule has 0 N–H and O–H groups in total. The molecule has 0 spiro atoms. The molecule has 1 saturated heterocycles. The molecule has 1 fully saturated rings. The lowest BCUT2D eigenvalue weighted by atomic mass is 9.90. The van der Waals surface area contributed by atoms with Crippen LogP contribution in [0, 0.1) is 0 Å². The molecule has 2 unspecified atom stereocenters. The lowest BCUT2D eigenvalue weighted by Crippen LogP contribution is -2.42. The van der Waals surface area contributed by atoms with Gasteiger partial charge in [0.2, 0.25) is 0 Å². The van der Waals surface area contributed by atoms with Crippen LogP contribution in [0.1, 0.15) is 22.0 Å². The largest absolute Gasteiger partial charge is 0.493 e. The van der Waals surface area contributed by atoms with Gasteiger partial charge in [0.15, 0.2) is 17.6 Å². The van der Waals surface area contributed by atoms with Gasteiger partial charge in [-0.1, -0.05) is 6.07 Å². The van der Waals surface area contributed by atoms with Crippen molar-refractivity contribution >= 4 is 17.2 Å². The highest BCUT2D eigenvalue weighted by Gasteiger charge is 2.41. The van der Waals surface area contributed by atoms with E-state index in [-0.39, 0.29) is 18.1 Å². The second-order valence-electron chi connectivity index (χ2n) is 5.93. The summed E-state index contributed by atoms with van der Waals surface area (Å²) < 4.78 is 16.1. The second-order valence-corrected chi connectivity index (χ2v) is 6.91. The van der Waals surface area contributed by atoms with E-state index in [2.05, 4.69) is 6.07 Å². The van der Waals surface area contributed by atoms with E-state index in [4.69, 9.17) is 14.2 Å². The van der Waals surface area contributed by atoms with Crippen molar-refractivity contribution in [2.75, 3.05) is 27.4 Å². The monoisotopic (exact) mass is 345 g/mol. The Morgan fingerprint density at radius 3 is 2.67 bits per heavy atom. The van der Waals surface area contributed by atoms with Crippen LogP contribution < -0.4 is 9.47 Å². The van der Waals surface area contributed by atoms with E-state index in [0.29, 0.717) is 18.9 Å². The van der Waals surface area contributed by atoms with E-state index in [1.54, 1.807) is 25.6 Å². The van der Waals surface area contributed by atoms with E-state index in [9.17, 15) is 4.79 Å². The average Bonchev–Trinajstić information content (AvgIpc) is 3.33. The van der Waals surface area contributed by atoms with Gasteiger partial charge in [0.1, 0.15) is 0 Å². The molecule has 2 aliphatic rings. The maximum absolute atomic E-state index is 12.7. The van der Waals surface area contributed by atoms with Crippen molar-refractivity contribution in [3.05, 3.63) is 45.6 Å². The Hall–Kier alpha value is -2.05. The topological polar surface area (TPSA) is 51.3 Å². The maximum Gasteiger partial charge on any atom is 0.254 e. The Morgan fingerprint density at radius 1 is 1.29 bits per heavy atom. The highest BCUT2D eigenvalue weighted by atomic mass is 32.1. The van der Waals surface area contributed by atoms with Crippen molar-refractivity contribution < 1.29 is 19.0 Å². The Kier molecular flexibility index (Phi) is 3.94. The maximum atomic E-state index is 12.7. The van der Waals surface area contributed by atoms with Gasteiger partial charge in [-0.25, -0.2) is 0 Å². The fourth-order valence-corrected chi connectivity index (χ4v) is 4.17. The molecule has 3 heterocycles. The minimum absolute atomic E-state index is 0.0776. The van der Waals surface area contributed by atoms with Gasteiger partial charge in [-0.2, -0.15) is 0 Å². The summed E-state index contributed by atoms with van der Waals surface area (Å²) in [5.41, 5.74) is 2.31. The van der Waals surface area contributed by atoms with E-state index < -0.39 is 0 Å². The molecule has 126 valence electrons. The number of hydrogen-bond acceptors (Lipinski definition) is 5. The zero-order valence-corrected chi connectivity index (χ0v) is 14.5. The van der Waals surface area contributed by atoms with Crippen LogP contribution in [0.2, 0.25) is 0 Å². The summed E-state index contributed by atoms with van der Waals surface area (Å²) in [5, 5.41) is 2.04. The van der Waals surface area contributed by atoms with Crippen LogP contribution in [0.3, 0.4) is 0 Å². The Balaban J connectivity index is 1.82. The van der Waals surface area contributed by atoms with Crippen LogP contribution in [-0.2, 0) is 16.0 Å². The third-order valence-corrected chi connectivity index (χ3v) is 5.50.